The van der Waals surface area contributed by atoms with Crippen LogP contribution < -0.4 is 20.3 Å². The minimum Gasteiger partial charge on any atom is -0.497 e. The molecule has 3 N–H and O–H groups in total. The summed E-state index contributed by atoms with van der Waals surface area (Å²) in [4.78, 5) is 1.81. The molecule has 4 nitrogen and oxygen atoms in total. The Balaban J connectivity index is 1.59. The first-order chi connectivity index (χ1) is 12.2. The number of ether oxygens (including phenoxy) is 1. The average molecular weight is 363 g/mol. The first-order valence-corrected chi connectivity index (χ1v) is 10.2. The third kappa shape index (κ3) is 4.85. The SMILES string of the molecule is COc1cccc(NC(=S)NCC2([NH+]3CCCCC3)CCCCC2)c1. The van der Waals surface area contributed by atoms with Crippen molar-refractivity contribution in [2.24, 2.45) is 0 Å². The van der Waals surface area contributed by atoms with E-state index in [9.17, 15) is 0 Å². The summed E-state index contributed by atoms with van der Waals surface area (Å²) in [6.45, 7) is 3.65. The molecular formula is C20H32N3OS+. The van der Waals surface area contributed by atoms with Crippen LogP contribution in [0.5, 0.6) is 5.75 Å². The largest absolute Gasteiger partial charge is 0.497 e. The van der Waals surface area contributed by atoms with Crippen molar-refractivity contribution in [1.82, 2.24) is 5.32 Å². The number of benzene rings is 1. The third-order valence-electron chi connectivity index (χ3n) is 5.93. The molecule has 1 aliphatic heterocycles. The monoisotopic (exact) mass is 362 g/mol. The van der Waals surface area contributed by atoms with E-state index in [2.05, 4.69) is 10.6 Å². The van der Waals surface area contributed by atoms with Crippen LogP contribution in [0.1, 0.15) is 51.4 Å². The predicted molar refractivity (Wildman–Crippen MR) is 108 cm³/mol. The number of piperidine rings is 1. The zero-order chi connectivity index (χ0) is 17.5. The summed E-state index contributed by atoms with van der Waals surface area (Å²) in [7, 11) is 1.68. The molecule has 2 fully saturated rings. The molecule has 1 heterocycles. The number of thiocarbonyl (C=S) groups is 1. The van der Waals surface area contributed by atoms with Crippen molar-refractivity contribution in [3.8, 4) is 5.75 Å². The number of quaternary nitrogens is 1. The van der Waals surface area contributed by atoms with Gasteiger partial charge < -0.3 is 20.3 Å². The molecule has 0 unspecified atom stereocenters. The quantitative estimate of drug-likeness (QED) is 0.704. The maximum atomic E-state index is 5.56. The van der Waals surface area contributed by atoms with Crippen LogP contribution in [0.15, 0.2) is 24.3 Å². The maximum Gasteiger partial charge on any atom is 0.171 e. The summed E-state index contributed by atoms with van der Waals surface area (Å²) in [6, 6.07) is 7.91. The second kappa shape index (κ2) is 8.86. The smallest absolute Gasteiger partial charge is 0.171 e. The molecule has 0 aromatic heterocycles. The zero-order valence-corrected chi connectivity index (χ0v) is 16.2. The highest BCUT2D eigenvalue weighted by Crippen LogP contribution is 2.26. The molecule has 25 heavy (non-hydrogen) atoms. The lowest BCUT2D eigenvalue weighted by Gasteiger charge is -2.45. The van der Waals surface area contributed by atoms with Crippen molar-refractivity contribution in [2.45, 2.75) is 56.9 Å². The van der Waals surface area contributed by atoms with E-state index in [1.807, 2.05) is 29.2 Å². The van der Waals surface area contributed by atoms with Gasteiger partial charge >= 0.3 is 0 Å². The van der Waals surface area contributed by atoms with Crippen LogP contribution in [0.2, 0.25) is 0 Å². The Labute approximate surface area is 157 Å². The van der Waals surface area contributed by atoms with E-state index in [1.54, 1.807) is 7.11 Å². The Kier molecular flexibility index (Phi) is 6.54. The molecular weight excluding hydrogens is 330 g/mol. The molecule has 0 amide bonds. The van der Waals surface area contributed by atoms with E-state index in [1.165, 1.54) is 64.5 Å². The van der Waals surface area contributed by atoms with Crippen molar-refractivity contribution in [3.63, 3.8) is 0 Å². The molecule has 3 rings (SSSR count). The summed E-state index contributed by atoms with van der Waals surface area (Å²) in [5.74, 6) is 0.842. The maximum absolute atomic E-state index is 5.56. The van der Waals surface area contributed by atoms with Gasteiger partial charge in [-0.1, -0.05) is 12.5 Å². The normalized spacial score (nSPS) is 20.7. The van der Waals surface area contributed by atoms with Crippen molar-refractivity contribution >= 4 is 23.0 Å². The summed E-state index contributed by atoms with van der Waals surface area (Å²) in [5.41, 5.74) is 1.35. The molecule has 138 valence electrons. The van der Waals surface area contributed by atoms with Crippen molar-refractivity contribution in [1.29, 1.82) is 0 Å². The molecule has 1 aromatic rings. The van der Waals surface area contributed by atoms with Crippen LogP contribution in [0.4, 0.5) is 5.69 Å². The molecule has 2 aliphatic rings. The molecule has 0 bridgehead atoms. The lowest BCUT2D eigenvalue weighted by Crippen LogP contribution is -3.22. The van der Waals surface area contributed by atoms with Gasteiger partial charge in [-0.2, -0.15) is 0 Å². The second-order valence-corrected chi connectivity index (χ2v) is 7.95. The zero-order valence-electron chi connectivity index (χ0n) is 15.4. The Morgan fingerprint density at radius 2 is 1.84 bits per heavy atom. The molecule has 0 radical (unpaired) electrons. The first kappa shape index (κ1) is 18.5. The topological polar surface area (TPSA) is 37.7 Å². The van der Waals surface area contributed by atoms with Gasteiger partial charge in [0.05, 0.1) is 26.7 Å². The van der Waals surface area contributed by atoms with Gasteiger partial charge in [0, 0.05) is 24.6 Å². The fraction of sp³-hybridized carbons (Fsp3) is 0.650. The number of hydrogen-bond acceptors (Lipinski definition) is 2. The van der Waals surface area contributed by atoms with Gasteiger partial charge in [-0.15, -0.1) is 0 Å². The summed E-state index contributed by atoms with van der Waals surface area (Å²) in [6.07, 6.45) is 10.9. The lowest BCUT2D eigenvalue weighted by atomic mass is 9.79. The van der Waals surface area contributed by atoms with Crippen molar-refractivity contribution in [3.05, 3.63) is 24.3 Å². The number of hydrogen-bond donors (Lipinski definition) is 3. The molecule has 1 saturated carbocycles. The Morgan fingerprint density at radius 1 is 1.12 bits per heavy atom. The minimum absolute atomic E-state index is 0.374. The van der Waals surface area contributed by atoms with Gasteiger partial charge in [0.2, 0.25) is 0 Å². The minimum atomic E-state index is 0.374. The molecule has 1 aromatic carbocycles. The van der Waals surface area contributed by atoms with Gasteiger partial charge in [-0.3, -0.25) is 0 Å². The van der Waals surface area contributed by atoms with Crippen LogP contribution in [-0.2, 0) is 0 Å². The van der Waals surface area contributed by atoms with Crippen molar-refractivity contribution in [2.75, 3.05) is 32.1 Å². The standard InChI is InChI=1S/C20H31N3OS/c1-24-18-10-8-9-17(15-18)22-19(25)21-16-20(11-4-2-5-12-20)23-13-6-3-7-14-23/h8-10,15H,2-7,11-14,16H2,1H3,(H2,21,22,25)/p+1. The Hall–Kier alpha value is -1.33. The molecule has 0 spiro atoms. The van der Waals surface area contributed by atoms with Gasteiger partial charge in [0.1, 0.15) is 11.3 Å². The van der Waals surface area contributed by atoms with Crippen LogP contribution in [-0.4, -0.2) is 37.4 Å². The highest BCUT2D eigenvalue weighted by Gasteiger charge is 2.42. The van der Waals surface area contributed by atoms with E-state index in [0.717, 1.165) is 23.1 Å². The van der Waals surface area contributed by atoms with Gasteiger partial charge in [-0.05, 0) is 56.5 Å². The van der Waals surface area contributed by atoms with E-state index in [0.29, 0.717) is 5.54 Å². The number of nitrogens with one attached hydrogen (secondary N) is 3. The molecule has 5 heteroatoms. The highest BCUT2D eigenvalue weighted by molar-refractivity contribution is 7.80. The van der Waals surface area contributed by atoms with Gasteiger partial charge in [-0.25, -0.2) is 0 Å². The fourth-order valence-corrected chi connectivity index (χ4v) is 4.71. The number of likely N-dealkylation sites (tertiary alicyclic amines) is 1. The first-order valence-electron chi connectivity index (χ1n) is 9.76. The van der Waals surface area contributed by atoms with E-state index < -0.39 is 0 Å². The Morgan fingerprint density at radius 3 is 2.56 bits per heavy atom. The fourth-order valence-electron chi connectivity index (χ4n) is 4.52. The predicted octanol–water partition coefficient (Wildman–Crippen LogP) is 2.75. The number of methoxy groups -OCH3 is 1. The van der Waals surface area contributed by atoms with Crippen LogP contribution in [0, 0.1) is 0 Å². The summed E-state index contributed by atoms with van der Waals surface area (Å²) < 4.78 is 5.28. The second-order valence-electron chi connectivity index (χ2n) is 7.54. The summed E-state index contributed by atoms with van der Waals surface area (Å²) in [5, 5.41) is 7.56. The van der Waals surface area contributed by atoms with Gasteiger partial charge in [0.25, 0.3) is 0 Å². The Bertz CT molecular complexity index is 566. The summed E-state index contributed by atoms with van der Waals surface area (Å²) >= 11 is 5.56. The molecule has 1 saturated heterocycles. The van der Waals surface area contributed by atoms with Gasteiger partial charge in [0.15, 0.2) is 5.11 Å². The molecule has 0 atom stereocenters. The number of anilines is 1. The van der Waals surface area contributed by atoms with E-state index in [4.69, 9.17) is 17.0 Å². The van der Waals surface area contributed by atoms with E-state index in [-0.39, 0.29) is 0 Å². The third-order valence-corrected chi connectivity index (χ3v) is 6.18. The van der Waals surface area contributed by atoms with Crippen LogP contribution >= 0.6 is 12.2 Å². The van der Waals surface area contributed by atoms with Crippen LogP contribution in [0.25, 0.3) is 0 Å². The average Bonchev–Trinajstić information content (AvgIpc) is 2.68. The highest BCUT2D eigenvalue weighted by atomic mass is 32.1. The lowest BCUT2D eigenvalue weighted by molar-refractivity contribution is -0.957. The molecule has 1 aliphatic carbocycles. The number of rotatable bonds is 5. The van der Waals surface area contributed by atoms with E-state index >= 15 is 0 Å². The van der Waals surface area contributed by atoms with Crippen molar-refractivity contribution < 1.29 is 9.64 Å². The van der Waals surface area contributed by atoms with Crippen LogP contribution in [0.3, 0.4) is 0 Å².